The number of nitrogens with one attached hydrogen (secondary N) is 1. The number of nitrogens with two attached hydrogens (primary N) is 1. The first-order valence-electron chi connectivity index (χ1n) is 12.6. The van der Waals surface area contributed by atoms with Crippen molar-refractivity contribution in [1.29, 1.82) is 0 Å². The Kier molecular flexibility index (Phi) is 5.27. The van der Waals surface area contributed by atoms with Gasteiger partial charge >= 0.3 is 5.69 Å². The summed E-state index contributed by atoms with van der Waals surface area (Å²) in [6, 6.07) is 9.14. The van der Waals surface area contributed by atoms with Gasteiger partial charge in [-0.2, -0.15) is 0 Å². The number of hydrogen-bond donors (Lipinski definition) is 2. The molecule has 1 spiro atoms. The number of benzene rings is 1. The van der Waals surface area contributed by atoms with Crippen molar-refractivity contribution in [2.75, 3.05) is 41.7 Å². The van der Waals surface area contributed by atoms with E-state index in [1.807, 2.05) is 30.5 Å². The fraction of sp³-hybridized carbons (Fsp3) is 0.462. The van der Waals surface area contributed by atoms with Crippen LogP contribution in [0.4, 0.5) is 17.2 Å². The number of amides is 2. The number of aromatic nitrogens is 3. The topological polar surface area (TPSA) is 118 Å². The van der Waals surface area contributed by atoms with E-state index >= 15 is 0 Å². The van der Waals surface area contributed by atoms with Crippen molar-refractivity contribution in [3.05, 3.63) is 47.0 Å². The minimum absolute atomic E-state index is 0.230. The third kappa shape index (κ3) is 3.63. The fourth-order valence-electron chi connectivity index (χ4n) is 6.28. The summed E-state index contributed by atoms with van der Waals surface area (Å²) in [4.78, 5) is 46.5. The van der Waals surface area contributed by atoms with Gasteiger partial charge in [-0.15, -0.1) is 0 Å². The quantitative estimate of drug-likeness (QED) is 0.539. The molecule has 0 aliphatic carbocycles. The van der Waals surface area contributed by atoms with Crippen molar-refractivity contribution in [1.82, 2.24) is 19.4 Å². The number of nitrogens with zero attached hydrogens (tertiary/aromatic N) is 5. The molecule has 0 saturated carbocycles. The molecule has 10 nitrogen and oxygen atoms in total. The zero-order chi connectivity index (χ0) is 25.0. The molecule has 3 aliphatic heterocycles. The van der Waals surface area contributed by atoms with Crippen LogP contribution < -0.4 is 26.5 Å². The summed E-state index contributed by atoms with van der Waals surface area (Å²) in [5.74, 6) is -0.158. The largest absolute Gasteiger partial charge is 0.384 e. The number of hydrogen-bond acceptors (Lipinski definition) is 7. The average Bonchev–Trinajstić information content (AvgIpc) is 3.39. The fourth-order valence-corrected chi connectivity index (χ4v) is 6.28. The van der Waals surface area contributed by atoms with Crippen LogP contribution in [-0.2, 0) is 16.6 Å². The van der Waals surface area contributed by atoms with E-state index in [4.69, 9.17) is 5.73 Å². The van der Waals surface area contributed by atoms with E-state index in [1.54, 1.807) is 16.2 Å². The van der Waals surface area contributed by atoms with Crippen LogP contribution in [0.1, 0.15) is 38.1 Å². The molecule has 6 rings (SSSR count). The van der Waals surface area contributed by atoms with Gasteiger partial charge in [-0.05, 0) is 55.4 Å². The van der Waals surface area contributed by atoms with E-state index in [-0.39, 0.29) is 23.4 Å². The number of imide groups is 1. The van der Waals surface area contributed by atoms with E-state index in [2.05, 4.69) is 26.2 Å². The number of fused-ring (bicyclic) bond motifs is 1. The summed E-state index contributed by atoms with van der Waals surface area (Å²) in [6.45, 7) is 3.83. The third-order valence-corrected chi connectivity index (χ3v) is 8.34. The number of rotatable bonds is 3. The molecule has 1 unspecified atom stereocenters. The van der Waals surface area contributed by atoms with Crippen molar-refractivity contribution < 1.29 is 9.59 Å². The number of piperidine rings is 2. The lowest BCUT2D eigenvalue weighted by Crippen LogP contribution is -2.44. The molecule has 36 heavy (non-hydrogen) atoms. The number of anilines is 3. The number of pyridine rings is 1. The van der Waals surface area contributed by atoms with Gasteiger partial charge in [0, 0.05) is 39.6 Å². The van der Waals surface area contributed by atoms with Gasteiger partial charge in [0.1, 0.15) is 11.9 Å². The van der Waals surface area contributed by atoms with Crippen LogP contribution in [0.15, 0.2) is 41.3 Å². The monoisotopic (exact) mass is 489 g/mol. The SMILES string of the molecule is Cn1c(=O)n(C2CCC(=O)NC2=O)c2cccc(N3CCC4(CCN(c5ccc(N)nc5)CC4)C3)c21. The molecule has 3 N–H and O–H groups in total. The number of nitrogen functional groups attached to an aromatic ring is 1. The van der Waals surface area contributed by atoms with Crippen LogP contribution in [0.3, 0.4) is 0 Å². The minimum atomic E-state index is -0.675. The molecule has 3 aliphatic rings. The van der Waals surface area contributed by atoms with Gasteiger partial charge in [-0.25, -0.2) is 9.78 Å². The third-order valence-electron chi connectivity index (χ3n) is 8.34. The Morgan fingerprint density at radius 3 is 2.47 bits per heavy atom. The maximum Gasteiger partial charge on any atom is 0.329 e. The van der Waals surface area contributed by atoms with E-state index in [0.717, 1.165) is 67.8 Å². The summed E-state index contributed by atoms with van der Waals surface area (Å²) >= 11 is 0. The molecule has 3 fully saturated rings. The molecule has 188 valence electrons. The van der Waals surface area contributed by atoms with E-state index < -0.39 is 11.9 Å². The van der Waals surface area contributed by atoms with Crippen LogP contribution in [0.2, 0.25) is 0 Å². The molecule has 2 aromatic heterocycles. The van der Waals surface area contributed by atoms with Gasteiger partial charge in [0.05, 0.1) is 28.6 Å². The molecule has 3 saturated heterocycles. The van der Waals surface area contributed by atoms with E-state index in [9.17, 15) is 14.4 Å². The predicted octanol–water partition coefficient (Wildman–Crippen LogP) is 1.79. The summed E-state index contributed by atoms with van der Waals surface area (Å²) in [6.07, 6.45) is 5.72. The maximum atomic E-state index is 13.3. The molecule has 0 radical (unpaired) electrons. The van der Waals surface area contributed by atoms with E-state index in [0.29, 0.717) is 12.2 Å². The van der Waals surface area contributed by atoms with Crippen LogP contribution in [0.25, 0.3) is 11.0 Å². The summed E-state index contributed by atoms with van der Waals surface area (Å²) in [5.41, 5.74) is 9.48. The predicted molar refractivity (Wildman–Crippen MR) is 138 cm³/mol. The lowest BCUT2D eigenvalue weighted by molar-refractivity contribution is -0.135. The lowest BCUT2D eigenvalue weighted by Gasteiger charge is -2.40. The van der Waals surface area contributed by atoms with Gasteiger partial charge in [-0.3, -0.25) is 24.0 Å². The maximum absolute atomic E-state index is 13.3. The Hall–Kier alpha value is -3.82. The number of imidazole rings is 1. The van der Waals surface area contributed by atoms with Gasteiger partial charge in [0.25, 0.3) is 0 Å². The highest BCUT2D eigenvalue weighted by Gasteiger charge is 2.41. The lowest BCUT2D eigenvalue weighted by atomic mass is 9.77. The summed E-state index contributed by atoms with van der Waals surface area (Å²) in [7, 11) is 1.77. The molecular formula is C26H31N7O3. The second-order valence-electron chi connectivity index (χ2n) is 10.4. The zero-order valence-corrected chi connectivity index (χ0v) is 20.4. The average molecular weight is 490 g/mol. The van der Waals surface area contributed by atoms with Gasteiger partial charge in [0.15, 0.2) is 0 Å². The second kappa shape index (κ2) is 8.39. The first-order valence-corrected chi connectivity index (χ1v) is 12.6. The standard InChI is InChI=1S/C26H31N7O3/c1-30-23-18(3-2-4-19(23)33(25(30)36)20-6-8-22(34)29-24(20)35)32-14-11-26(16-32)9-12-31(13-10-26)17-5-7-21(27)28-15-17/h2-5,7,15,20H,6,8-14,16H2,1H3,(H2,27,28)(H,29,34,35). The first-order chi connectivity index (χ1) is 17.3. The molecule has 1 atom stereocenters. The number of carbonyl (C=O) groups is 2. The van der Waals surface area contributed by atoms with Gasteiger partial charge in [0.2, 0.25) is 11.8 Å². The highest BCUT2D eigenvalue weighted by molar-refractivity contribution is 6.00. The van der Waals surface area contributed by atoms with Gasteiger partial charge < -0.3 is 15.5 Å². The highest BCUT2D eigenvalue weighted by atomic mass is 16.2. The Bertz CT molecular complexity index is 1400. The Morgan fingerprint density at radius 2 is 1.78 bits per heavy atom. The normalized spacial score (nSPS) is 22.0. The Labute approximate surface area is 208 Å². The van der Waals surface area contributed by atoms with Crippen LogP contribution >= 0.6 is 0 Å². The van der Waals surface area contributed by atoms with Crippen molar-refractivity contribution >= 4 is 40.0 Å². The highest BCUT2D eigenvalue weighted by Crippen LogP contribution is 2.44. The van der Waals surface area contributed by atoms with Crippen molar-refractivity contribution in [3.8, 4) is 0 Å². The summed E-state index contributed by atoms with van der Waals surface area (Å²) in [5, 5.41) is 2.38. The molecular weight excluding hydrogens is 458 g/mol. The zero-order valence-electron chi connectivity index (χ0n) is 20.4. The molecule has 1 aromatic carbocycles. The van der Waals surface area contributed by atoms with Crippen molar-refractivity contribution in [2.45, 2.75) is 38.1 Å². The Morgan fingerprint density at radius 1 is 1.03 bits per heavy atom. The molecule has 3 aromatic rings. The van der Waals surface area contributed by atoms with Crippen molar-refractivity contribution in [3.63, 3.8) is 0 Å². The Balaban J connectivity index is 1.26. The number of para-hydroxylation sites is 1. The second-order valence-corrected chi connectivity index (χ2v) is 10.4. The van der Waals surface area contributed by atoms with Crippen LogP contribution in [0, 0.1) is 5.41 Å². The van der Waals surface area contributed by atoms with Crippen molar-refractivity contribution in [2.24, 2.45) is 12.5 Å². The minimum Gasteiger partial charge on any atom is -0.384 e. The van der Waals surface area contributed by atoms with Crippen LogP contribution in [-0.4, -0.2) is 52.1 Å². The summed E-state index contributed by atoms with van der Waals surface area (Å²) < 4.78 is 3.21. The molecule has 2 amide bonds. The van der Waals surface area contributed by atoms with Gasteiger partial charge in [-0.1, -0.05) is 6.07 Å². The van der Waals surface area contributed by atoms with E-state index in [1.165, 1.54) is 0 Å². The number of aryl methyl sites for hydroxylation is 1. The molecule has 10 heteroatoms. The smallest absolute Gasteiger partial charge is 0.329 e. The number of carbonyl (C=O) groups excluding carboxylic acids is 2. The molecule has 0 bridgehead atoms. The van der Waals surface area contributed by atoms with Crippen LogP contribution in [0.5, 0.6) is 0 Å². The molecule has 5 heterocycles. The first kappa shape index (κ1) is 22.6.